The molecule has 0 aliphatic rings. The summed E-state index contributed by atoms with van der Waals surface area (Å²) in [4.78, 5) is 33.3. The number of esters is 1. The molecular formula is C26H22Cl2FN7O2. The Labute approximate surface area is 228 Å². The third kappa shape index (κ3) is 5.99. The van der Waals surface area contributed by atoms with Gasteiger partial charge in [0.25, 0.3) is 0 Å². The van der Waals surface area contributed by atoms with Crippen molar-refractivity contribution < 1.29 is 13.9 Å². The second kappa shape index (κ2) is 11.8. The van der Waals surface area contributed by atoms with Crippen molar-refractivity contribution in [2.45, 2.75) is 13.5 Å². The molecule has 0 saturated carbocycles. The number of halogens is 3. The van der Waals surface area contributed by atoms with Crippen LogP contribution in [-0.4, -0.2) is 37.5 Å². The number of anilines is 3. The van der Waals surface area contributed by atoms with E-state index >= 15 is 0 Å². The van der Waals surface area contributed by atoms with E-state index in [4.69, 9.17) is 16.3 Å². The number of carbonyl (C=O) groups is 1. The van der Waals surface area contributed by atoms with Crippen LogP contribution in [0.1, 0.15) is 23.1 Å². The zero-order valence-corrected chi connectivity index (χ0v) is 21.6. The van der Waals surface area contributed by atoms with Crippen molar-refractivity contribution in [3.63, 3.8) is 0 Å². The molecule has 0 atom stereocenters. The molecule has 0 radical (unpaired) electrons. The topological polar surface area (TPSA) is 118 Å². The molecule has 5 rings (SSSR count). The Bertz CT molecular complexity index is 1560. The first-order valence-corrected chi connectivity index (χ1v) is 11.8. The Hall–Kier alpha value is -4.28. The fourth-order valence-corrected chi connectivity index (χ4v) is 3.84. The van der Waals surface area contributed by atoms with E-state index < -0.39 is 11.8 Å². The maximum Gasteiger partial charge on any atom is 0.339 e. The minimum Gasteiger partial charge on any atom is -0.462 e. The van der Waals surface area contributed by atoms with Crippen LogP contribution in [0.3, 0.4) is 0 Å². The van der Waals surface area contributed by atoms with E-state index in [9.17, 15) is 9.18 Å². The molecule has 0 saturated heterocycles. The highest BCUT2D eigenvalue weighted by molar-refractivity contribution is 6.31. The van der Waals surface area contributed by atoms with Gasteiger partial charge in [0.1, 0.15) is 17.5 Å². The third-order valence-corrected chi connectivity index (χ3v) is 5.68. The number of benzene rings is 2. The maximum absolute atomic E-state index is 13.6. The Kier molecular flexibility index (Phi) is 8.35. The molecule has 0 aliphatic heterocycles. The minimum absolute atomic E-state index is 0. The van der Waals surface area contributed by atoms with Gasteiger partial charge in [-0.25, -0.2) is 19.2 Å². The molecule has 0 fully saturated rings. The van der Waals surface area contributed by atoms with Crippen LogP contribution in [0.25, 0.3) is 22.2 Å². The van der Waals surface area contributed by atoms with Gasteiger partial charge in [0, 0.05) is 35.4 Å². The molecule has 3 aromatic heterocycles. The largest absolute Gasteiger partial charge is 0.462 e. The second-order valence-corrected chi connectivity index (χ2v) is 8.35. The van der Waals surface area contributed by atoms with Gasteiger partial charge in [-0.1, -0.05) is 23.7 Å². The van der Waals surface area contributed by atoms with Crippen LogP contribution in [0.4, 0.5) is 21.8 Å². The van der Waals surface area contributed by atoms with Crippen LogP contribution < -0.4 is 10.6 Å². The molecule has 0 aliphatic carbocycles. The van der Waals surface area contributed by atoms with Crippen molar-refractivity contribution in [2.24, 2.45) is 0 Å². The summed E-state index contributed by atoms with van der Waals surface area (Å²) < 4.78 is 18.7. The monoisotopic (exact) mass is 553 g/mol. The first kappa shape index (κ1) is 26.8. The molecule has 3 N–H and O–H groups in total. The summed E-state index contributed by atoms with van der Waals surface area (Å²) >= 11 is 5.91. The van der Waals surface area contributed by atoms with Crippen molar-refractivity contribution >= 4 is 58.5 Å². The number of nitrogens with one attached hydrogen (secondary N) is 3. The van der Waals surface area contributed by atoms with Gasteiger partial charge in [-0.3, -0.25) is 4.98 Å². The highest BCUT2D eigenvalue weighted by atomic mass is 35.5. The Balaban J connectivity index is 0.00000336. The number of aromatic amines is 1. The summed E-state index contributed by atoms with van der Waals surface area (Å²) in [5, 5.41) is 6.30. The molecule has 0 spiro atoms. The third-order valence-electron chi connectivity index (χ3n) is 5.39. The average Bonchev–Trinajstić information content (AvgIpc) is 3.33. The standard InChI is InChI=1S/C26H21ClFN7O2.ClH/c1-2-37-25(36)16-9-15(11-29-12-16)18-13-31-26(32-17-7-8-20(28)19(27)10-17)35-24(18)30-14-23-33-21-5-3-4-6-22(21)34-23;/h3-13H,2,14H2,1H3,(H,33,34)(H2,30,31,32,35);1H. The van der Waals surface area contributed by atoms with Crippen LogP contribution in [0.15, 0.2) is 67.1 Å². The summed E-state index contributed by atoms with van der Waals surface area (Å²) in [6.45, 7) is 2.33. The van der Waals surface area contributed by atoms with Crippen LogP contribution in [-0.2, 0) is 11.3 Å². The zero-order chi connectivity index (χ0) is 25.8. The van der Waals surface area contributed by atoms with Gasteiger partial charge in [-0.15, -0.1) is 12.4 Å². The molecule has 38 heavy (non-hydrogen) atoms. The van der Waals surface area contributed by atoms with Crippen molar-refractivity contribution in [3.05, 3.63) is 89.3 Å². The van der Waals surface area contributed by atoms with E-state index in [1.165, 1.54) is 24.4 Å². The number of rotatable bonds is 8. The fraction of sp³-hybridized carbons (Fsp3) is 0.115. The Morgan fingerprint density at radius 1 is 1.11 bits per heavy atom. The molecule has 0 bridgehead atoms. The van der Waals surface area contributed by atoms with E-state index in [2.05, 4.69) is 35.6 Å². The van der Waals surface area contributed by atoms with E-state index in [-0.39, 0.29) is 30.0 Å². The number of ether oxygens (including phenoxy) is 1. The van der Waals surface area contributed by atoms with Crippen LogP contribution in [0.2, 0.25) is 5.02 Å². The molecular weight excluding hydrogens is 532 g/mol. The van der Waals surface area contributed by atoms with Crippen molar-refractivity contribution in [1.82, 2.24) is 24.9 Å². The van der Waals surface area contributed by atoms with Gasteiger partial charge in [-0.05, 0) is 43.3 Å². The lowest BCUT2D eigenvalue weighted by molar-refractivity contribution is 0.0526. The first-order chi connectivity index (χ1) is 18.0. The smallest absolute Gasteiger partial charge is 0.339 e. The zero-order valence-electron chi connectivity index (χ0n) is 20.0. The number of para-hydroxylation sites is 2. The predicted octanol–water partition coefficient (Wildman–Crippen LogP) is 6.16. The number of nitrogens with zero attached hydrogens (tertiary/aromatic N) is 4. The summed E-state index contributed by atoms with van der Waals surface area (Å²) in [7, 11) is 0. The minimum atomic E-state index is -0.523. The highest BCUT2D eigenvalue weighted by Crippen LogP contribution is 2.29. The maximum atomic E-state index is 13.6. The van der Waals surface area contributed by atoms with Gasteiger partial charge in [0.2, 0.25) is 5.95 Å². The predicted molar refractivity (Wildman–Crippen MR) is 147 cm³/mol. The van der Waals surface area contributed by atoms with Crippen molar-refractivity contribution in [2.75, 3.05) is 17.2 Å². The number of carbonyl (C=O) groups excluding carboxylic acids is 1. The quantitative estimate of drug-likeness (QED) is 0.195. The average molecular weight is 554 g/mol. The molecule has 0 amide bonds. The summed E-state index contributed by atoms with van der Waals surface area (Å²) in [5.74, 6) is 0.442. The van der Waals surface area contributed by atoms with Crippen molar-refractivity contribution in [3.8, 4) is 11.1 Å². The number of H-pyrrole nitrogens is 1. The second-order valence-electron chi connectivity index (χ2n) is 7.95. The number of hydrogen-bond acceptors (Lipinski definition) is 8. The number of imidazole rings is 1. The van der Waals surface area contributed by atoms with Crippen LogP contribution in [0, 0.1) is 5.82 Å². The van der Waals surface area contributed by atoms with E-state index in [0.29, 0.717) is 40.6 Å². The molecule has 12 heteroatoms. The van der Waals surface area contributed by atoms with Gasteiger partial charge in [-0.2, -0.15) is 4.98 Å². The van der Waals surface area contributed by atoms with Gasteiger partial charge in [0.15, 0.2) is 0 Å². The fourth-order valence-electron chi connectivity index (χ4n) is 3.66. The number of hydrogen-bond donors (Lipinski definition) is 3. The number of aromatic nitrogens is 5. The lowest BCUT2D eigenvalue weighted by Gasteiger charge is -2.13. The number of fused-ring (bicyclic) bond motifs is 1. The molecule has 3 heterocycles. The lowest BCUT2D eigenvalue weighted by Crippen LogP contribution is -2.08. The molecule has 0 unspecified atom stereocenters. The molecule has 2 aromatic carbocycles. The van der Waals surface area contributed by atoms with Gasteiger partial charge in [0.05, 0.1) is 34.8 Å². The van der Waals surface area contributed by atoms with E-state index in [1.54, 1.807) is 25.4 Å². The van der Waals surface area contributed by atoms with Gasteiger partial charge < -0.3 is 20.4 Å². The van der Waals surface area contributed by atoms with Crippen LogP contribution in [0.5, 0.6) is 0 Å². The summed E-state index contributed by atoms with van der Waals surface area (Å²) in [6, 6.07) is 13.6. The van der Waals surface area contributed by atoms with Crippen molar-refractivity contribution in [1.29, 1.82) is 0 Å². The Morgan fingerprint density at radius 3 is 2.74 bits per heavy atom. The van der Waals surface area contributed by atoms with E-state index in [0.717, 1.165) is 11.0 Å². The van der Waals surface area contributed by atoms with E-state index in [1.807, 2.05) is 24.3 Å². The van der Waals surface area contributed by atoms with Crippen LogP contribution >= 0.6 is 24.0 Å². The molecule has 5 aromatic rings. The summed E-state index contributed by atoms with van der Waals surface area (Å²) in [6.07, 6.45) is 4.66. The molecule has 9 nitrogen and oxygen atoms in total. The SMILES string of the molecule is CCOC(=O)c1cncc(-c2cnc(Nc3ccc(F)c(Cl)c3)nc2NCc2nc3ccccc3[nH]2)c1.Cl. The number of pyridine rings is 1. The summed E-state index contributed by atoms with van der Waals surface area (Å²) in [5.41, 5.74) is 3.83. The lowest BCUT2D eigenvalue weighted by atomic mass is 10.1. The normalized spacial score (nSPS) is 10.6. The highest BCUT2D eigenvalue weighted by Gasteiger charge is 2.15. The first-order valence-electron chi connectivity index (χ1n) is 11.4. The molecule has 194 valence electrons. The van der Waals surface area contributed by atoms with Gasteiger partial charge >= 0.3 is 5.97 Å². The Morgan fingerprint density at radius 2 is 1.95 bits per heavy atom.